The molecule has 0 bridgehead atoms. The van der Waals surface area contributed by atoms with Gasteiger partial charge >= 0.3 is 0 Å². The second kappa shape index (κ2) is 9.37. The molecular weight excluding hydrogens is 471 g/mol. The van der Waals surface area contributed by atoms with E-state index in [1.807, 2.05) is 0 Å². The predicted molar refractivity (Wildman–Crippen MR) is 119 cm³/mol. The summed E-state index contributed by atoms with van der Waals surface area (Å²) in [4.78, 5) is 12.7. The molecule has 0 spiro atoms. The third-order valence-electron chi connectivity index (χ3n) is 5.67. The molecule has 1 heterocycles. The lowest BCUT2D eigenvalue weighted by Gasteiger charge is -2.30. The molecule has 2 aromatic rings. The van der Waals surface area contributed by atoms with Gasteiger partial charge in [0.15, 0.2) is 0 Å². The summed E-state index contributed by atoms with van der Waals surface area (Å²) in [6.45, 7) is 0.358. The maximum atomic E-state index is 13.1. The third-order valence-corrected chi connectivity index (χ3v) is 9.12. The molecule has 3 N–H and O–H groups in total. The maximum Gasteiger partial charge on any atom is 0.243 e. The van der Waals surface area contributed by atoms with Crippen molar-refractivity contribution in [3.8, 4) is 0 Å². The molecular formula is C21H25FN4O5S2. The van der Waals surface area contributed by atoms with E-state index in [1.165, 1.54) is 28.6 Å². The Morgan fingerprint density at radius 2 is 1.42 bits per heavy atom. The molecule has 33 heavy (non-hydrogen) atoms. The first-order chi connectivity index (χ1) is 15.6. The fourth-order valence-corrected chi connectivity index (χ4v) is 6.33. The van der Waals surface area contributed by atoms with Gasteiger partial charge in [-0.15, -0.1) is 0 Å². The molecule has 1 saturated carbocycles. The first-order valence-electron chi connectivity index (χ1n) is 10.6. The molecule has 1 saturated heterocycles. The maximum absolute atomic E-state index is 13.1. The van der Waals surface area contributed by atoms with Gasteiger partial charge in [0.1, 0.15) is 5.82 Å². The Balaban J connectivity index is 1.27. The summed E-state index contributed by atoms with van der Waals surface area (Å²) in [7, 11) is -7.28. The zero-order valence-electron chi connectivity index (χ0n) is 17.7. The summed E-state index contributed by atoms with van der Waals surface area (Å²) in [5.74, 6) is -1.16. The summed E-state index contributed by atoms with van der Waals surface area (Å²) in [6, 6.07) is 10.7. The predicted octanol–water partition coefficient (Wildman–Crippen LogP) is 1.81. The van der Waals surface area contributed by atoms with Crippen molar-refractivity contribution in [3.05, 3.63) is 54.3 Å². The molecule has 0 unspecified atom stereocenters. The number of carbonyl (C=O) groups excluding carboxylic acids is 1. The summed E-state index contributed by atoms with van der Waals surface area (Å²) >= 11 is 0. The molecule has 12 heteroatoms. The summed E-state index contributed by atoms with van der Waals surface area (Å²) in [6.07, 6.45) is 2.39. The van der Waals surface area contributed by atoms with Crippen LogP contribution in [0.15, 0.2) is 58.3 Å². The Morgan fingerprint density at radius 3 is 2.00 bits per heavy atom. The van der Waals surface area contributed by atoms with Crippen LogP contribution in [-0.2, 0) is 24.8 Å². The molecule has 0 radical (unpaired) electrons. The number of hydrogen-bond donors (Lipinski definition) is 3. The highest BCUT2D eigenvalue weighted by molar-refractivity contribution is 7.89. The molecule has 1 amide bonds. The van der Waals surface area contributed by atoms with Crippen LogP contribution in [0.3, 0.4) is 0 Å². The lowest BCUT2D eigenvalue weighted by molar-refractivity contribution is -0.125. The molecule has 2 aromatic carbocycles. The second-order valence-corrected chi connectivity index (χ2v) is 11.8. The van der Waals surface area contributed by atoms with Gasteiger partial charge in [0.2, 0.25) is 26.0 Å². The van der Waals surface area contributed by atoms with Crippen molar-refractivity contribution in [2.45, 2.75) is 41.5 Å². The number of benzene rings is 2. The van der Waals surface area contributed by atoms with Crippen molar-refractivity contribution in [1.29, 1.82) is 0 Å². The molecule has 9 nitrogen and oxygen atoms in total. The molecule has 4 rings (SSSR count). The Labute approximate surface area is 192 Å². The van der Waals surface area contributed by atoms with Gasteiger partial charge in [-0.05, 0) is 74.2 Å². The number of rotatable bonds is 8. The Bertz CT molecular complexity index is 1210. The minimum absolute atomic E-state index is 0.0178. The Kier molecular flexibility index (Phi) is 6.71. The van der Waals surface area contributed by atoms with E-state index < -0.39 is 25.9 Å². The van der Waals surface area contributed by atoms with Gasteiger partial charge in [-0.2, -0.15) is 4.31 Å². The van der Waals surface area contributed by atoms with Crippen molar-refractivity contribution >= 4 is 31.6 Å². The first kappa shape index (κ1) is 23.6. The van der Waals surface area contributed by atoms with Crippen molar-refractivity contribution in [3.63, 3.8) is 0 Å². The van der Waals surface area contributed by atoms with Crippen molar-refractivity contribution < 1.29 is 26.0 Å². The number of carbonyl (C=O) groups is 1. The number of sulfonamides is 2. The van der Waals surface area contributed by atoms with Crippen LogP contribution in [-0.4, -0.2) is 46.2 Å². The third kappa shape index (κ3) is 5.69. The summed E-state index contributed by atoms with van der Waals surface area (Å²) in [5.41, 5.74) is 5.88. The van der Waals surface area contributed by atoms with Gasteiger partial charge < -0.3 is 0 Å². The fraction of sp³-hybridized carbons (Fsp3) is 0.381. The lowest BCUT2D eigenvalue weighted by Crippen LogP contribution is -2.44. The van der Waals surface area contributed by atoms with Crippen molar-refractivity contribution in [1.82, 2.24) is 14.5 Å². The quantitative estimate of drug-likeness (QED) is 0.479. The molecule has 1 aliphatic heterocycles. The molecule has 2 fully saturated rings. The van der Waals surface area contributed by atoms with Crippen LogP contribution >= 0.6 is 0 Å². The van der Waals surface area contributed by atoms with Gasteiger partial charge in [-0.25, -0.2) is 25.9 Å². The average Bonchev–Trinajstić information content (AvgIpc) is 3.61. The Morgan fingerprint density at radius 1 is 0.848 bits per heavy atom. The van der Waals surface area contributed by atoms with Crippen LogP contribution in [0.5, 0.6) is 0 Å². The first-order valence-corrected chi connectivity index (χ1v) is 13.5. The van der Waals surface area contributed by atoms with Gasteiger partial charge in [0.25, 0.3) is 0 Å². The van der Waals surface area contributed by atoms with E-state index in [0.717, 1.165) is 25.0 Å². The minimum atomic E-state index is -3.74. The van der Waals surface area contributed by atoms with E-state index in [2.05, 4.69) is 15.6 Å². The zero-order chi connectivity index (χ0) is 23.6. The lowest BCUT2D eigenvalue weighted by atomic mass is 9.98. The highest BCUT2D eigenvalue weighted by atomic mass is 32.2. The Hall–Kier alpha value is -2.54. The summed E-state index contributed by atoms with van der Waals surface area (Å²) < 4.78 is 66.8. The van der Waals surface area contributed by atoms with Crippen molar-refractivity contribution in [2.75, 3.05) is 18.5 Å². The van der Waals surface area contributed by atoms with E-state index in [1.54, 1.807) is 12.1 Å². The molecule has 178 valence electrons. The van der Waals surface area contributed by atoms with E-state index in [9.17, 15) is 26.0 Å². The van der Waals surface area contributed by atoms with Gasteiger partial charge in [-0.3, -0.25) is 15.6 Å². The number of amides is 1. The van der Waals surface area contributed by atoms with Crippen LogP contribution in [0.25, 0.3) is 0 Å². The molecule has 1 aliphatic carbocycles. The number of hydrogen-bond acceptors (Lipinski definition) is 6. The van der Waals surface area contributed by atoms with Crippen LogP contribution in [0, 0.1) is 11.7 Å². The zero-order valence-corrected chi connectivity index (χ0v) is 19.3. The number of piperidine rings is 1. The van der Waals surface area contributed by atoms with Crippen molar-refractivity contribution in [2.24, 2.45) is 5.92 Å². The summed E-state index contributed by atoms with van der Waals surface area (Å²) in [5, 5.41) is 0. The van der Waals surface area contributed by atoms with Crippen LogP contribution in [0.4, 0.5) is 10.1 Å². The van der Waals surface area contributed by atoms with Crippen LogP contribution in [0.2, 0.25) is 0 Å². The number of anilines is 1. The average molecular weight is 497 g/mol. The van der Waals surface area contributed by atoms with E-state index in [0.29, 0.717) is 18.5 Å². The highest BCUT2D eigenvalue weighted by Crippen LogP contribution is 2.25. The van der Waals surface area contributed by atoms with Crippen LogP contribution < -0.4 is 15.6 Å². The molecule has 0 aromatic heterocycles. The van der Waals surface area contributed by atoms with E-state index >= 15 is 0 Å². The van der Waals surface area contributed by atoms with Crippen LogP contribution in [0.1, 0.15) is 25.7 Å². The highest BCUT2D eigenvalue weighted by Gasteiger charge is 2.32. The number of nitrogens with one attached hydrogen (secondary N) is 3. The largest absolute Gasteiger partial charge is 0.299 e. The molecule has 2 aliphatic rings. The van der Waals surface area contributed by atoms with E-state index in [4.69, 9.17) is 0 Å². The normalized spacial score (nSPS) is 18.1. The molecule has 0 atom stereocenters. The standard InChI is InChI=1S/C21H25FN4O5S2/c22-16-1-7-20(8-2-16)33(30,31)26-13-11-15(12-14-26)21(27)24-23-17-5-9-19(10-6-17)32(28,29)25-18-3-4-18/h1-2,5-10,15,18,23,25H,3-4,11-14H2,(H,24,27). The SMILES string of the molecule is O=C(NNc1ccc(S(=O)(=O)NC2CC2)cc1)C1CCN(S(=O)(=O)c2ccc(F)cc2)CC1. The topological polar surface area (TPSA) is 125 Å². The number of nitrogens with zero attached hydrogens (tertiary/aromatic N) is 1. The van der Waals surface area contributed by atoms with Gasteiger partial charge in [0.05, 0.1) is 15.5 Å². The smallest absolute Gasteiger partial charge is 0.243 e. The minimum Gasteiger partial charge on any atom is -0.299 e. The van der Waals surface area contributed by atoms with E-state index in [-0.39, 0.29) is 40.7 Å². The monoisotopic (exact) mass is 496 g/mol. The van der Waals surface area contributed by atoms with Gasteiger partial charge in [0, 0.05) is 25.0 Å². The fourth-order valence-electron chi connectivity index (χ4n) is 3.56. The second-order valence-electron chi connectivity index (χ2n) is 8.17. The number of halogens is 1. The number of hydrazine groups is 1. The van der Waals surface area contributed by atoms with Gasteiger partial charge in [-0.1, -0.05) is 0 Å².